The molecule has 0 aliphatic heterocycles. The zero-order valence-electron chi connectivity index (χ0n) is 16.4. The van der Waals surface area contributed by atoms with Crippen molar-refractivity contribution in [2.45, 2.75) is 37.9 Å². The lowest BCUT2D eigenvalue weighted by Gasteiger charge is -2.17. The van der Waals surface area contributed by atoms with Crippen molar-refractivity contribution < 1.29 is 27.4 Å². The van der Waals surface area contributed by atoms with Crippen LogP contribution in [0.25, 0.3) is 0 Å². The molecule has 0 radical (unpaired) electrons. The van der Waals surface area contributed by atoms with E-state index in [9.17, 15) is 13.2 Å². The van der Waals surface area contributed by atoms with Crippen LogP contribution in [0.4, 0.5) is 0 Å². The molecule has 0 saturated heterocycles. The van der Waals surface area contributed by atoms with Crippen LogP contribution in [-0.2, 0) is 30.7 Å². The number of carbonyl (C=O) groups is 1. The molecule has 2 rings (SSSR count). The van der Waals surface area contributed by atoms with Crippen molar-refractivity contribution in [2.24, 2.45) is 0 Å². The van der Waals surface area contributed by atoms with Crippen LogP contribution in [0.2, 0.25) is 0 Å². The third-order valence-corrected chi connectivity index (χ3v) is 5.12. The molecule has 2 aromatic carbocycles. The summed E-state index contributed by atoms with van der Waals surface area (Å²) in [5, 5.41) is 0. The van der Waals surface area contributed by atoms with Crippen LogP contribution >= 0.6 is 0 Å². The molecule has 0 aliphatic carbocycles. The van der Waals surface area contributed by atoms with Crippen LogP contribution in [0.1, 0.15) is 37.5 Å². The summed E-state index contributed by atoms with van der Waals surface area (Å²) in [5.41, 5.74) is 1.63. The van der Waals surface area contributed by atoms with Crippen LogP contribution in [0.5, 0.6) is 5.75 Å². The number of hydrogen-bond donors (Lipinski definition) is 0. The van der Waals surface area contributed by atoms with Crippen molar-refractivity contribution in [2.75, 3.05) is 19.5 Å². The Morgan fingerprint density at radius 2 is 1.75 bits per heavy atom. The van der Waals surface area contributed by atoms with Crippen LogP contribution in [0.15, 0.2) is 53.4 Å². The fraction of sp³-hybridized carbons (Fsp3) is 0.381. The maximum absolute atomic E-state index is 11.8. The Hall–Kier alpha value is -2.38. The van der Waals surface area contributed by atoms with E-state index < -0.39 is 9.84 Å². The van der Waals surface area contributed by atoms with E-state index in [0.717, 1.165) is 11.1 Å². The first-order valence-electron chi connectivity index (χ1n) is 9.12. The van der Waals surface area contributed by atoms with Crippen molar-refractivity contribution in [1.82, 2.24) is 0 Å². The minimum Gasteiger partial charge on any atom is -0.489 e. The minimum atomic E-state index is -3.25. The Morgan fingerprint density at radius 1 is 1.04 bits per heavy atom. The van der Waals surface area contributed by atoms with Gasteiger partial charge in [-0.3, -0.25) is 4.79 Å². The summed E-state index contributed by atoms with van der Waals surface area (Å²) >= 11 is 0. The van der Waals surface area contributed by atoms with Gasteiger partial charge in [0, 0.05) is 12.9 Å². The largest absolute Gasteiger partial charge is 0.489 e. The second kappa shape index (κ2) is 10.2. The van der Waals surface area contributed by atoms with E-state index in [1.165, 1.54) is 6.26 Å². The van der Waals surface area contributed by atoms with Gasteiger partial charge in [-0.15, -0.1) is 0 Å². The predicted molar refractivity (Wildman–Crippen MR) is 106 cm³/mol. The molecule has 0 heterocycles. The molecule has 0 aliphatic rings. The lowest BCUT2D eigenvalue weighted by atomic mass is 10.1. The molecule has 152 valence electrons. The van der Waals surface area contributed by atoms with Crippen LogP contribution in [-0.4, -0.2) is 33.9 Å². The number of sulfone groups is 1. The number of benzene rings is 2. The molecule has 0 spiro atoms. The van der Waals surface area contributed by atoms with Gasteiger partial charge in [0.25, 0.3) is 0 Å². The minimum absolute atomic E-state index is 0.153. The van der Waals surface area contributed by atoms with Crippen molar-refractivity contribution in [3.05, 3.63) is 59.7 Å². The average Bonchev–Trinajstić information content (AvgIpc) is 2.66. The second-order valence-electron chi connectivity index (χ2n) is 6.23. The van der Waals surface area contributed by atoms with E-state index in [2.05, 4.69) is 0 Å². The molecule has 0 aromatic heterocycles. The van der Waals surface area contributed by atoms with E-state index in [-0.39, 0.29) is 30.0 Å². The number of hydrogen-bond acceptors (Lipinski definition) is 6. The number of esters is 1. The maximum atomic E-state index is 11.8. The predicted octanol–water partition coefficient (Wildman–Crippen LogP) is 3.70. The summed E-state index contributed by atoms with van der Waals surface area (Å²) in [6.07, 6.45) is 0.960. The highest BCUT2D eigenvalue weighted by atomic mass is 32.2. The van der Waals surface area contributed by atoms with Gasteiger partial charge in [0.1, 0.15) is 12.4 Å². The van der Waals surface area contributed by atoms with Gasteiger partial charge >= 0.3 is 5.97 Å². The highest BCUT2D eigenvalue weighted by Crippen LogP contribution is 2.25. The molecule has 0 fully saturated rings. The Bertz CT molecular complexity index is 874. The molecule has 6 nitrogen and oxygen atoms in total. The number of ether oxygens (including phenoxy) is 3. The zero-order valence-corrected chi connectivity index (χ0v) is 17.2. The number of carbonyl (C=O) groups excluding carboxylic acids is 1. The summed E-state index contributed by atoms with van der Waals surface area (Å²) in [5.74, 6) is 0.340. The van der Waals surface area contributed by atoms with Gasteiger partial charge in [0.05, 0.1) is 24.0 Å². The monoisotopic (exact) mass is 406 g/mol. The van der Waals surface area contributed by atoms with Gasteiger partial charge in [0.15, 0.2) is 9.84 Å². The topological polar surface area (TPSA) is 78.9 Å². The molecule has 0 unspecified atom stereocenters. The molecule has 7 heteroatoms. The molecule has 2 aromatic rings. The molecule has 1 atom stereocenters. The molecule has 0 N–H and O–H groups in total. The van der Waals surface area contributed by atoms with Crippen LogP contribution < -0.4 is 4.74 Å². The lowest BCUT2D eigenvalue weighted by molar-refractivity contribution is -0.146. The van der Waals surface area contributed by atoms with E-state index in [1.807, 2.05) is 25.1 Å². The summed E-state index contributed by atoms with van der Waals surface area (Å²) in [6.45, 7) is 4.72. The summed E-state index contributed by atoms with van der Waals surface area (Å²) in [7, 11) is -3.25. The quantitative estimate of drug-likeness (QED) is 0.560. The van der Waals surface area contributed by atoms with Gasteiger partial charge in [-0.2, -0.15) is 0 Å². The third-order valence-electron chi connectivity index (χ3n) is 4.01. The highest BCUT2D eigenvalue weighted by molar-refractivity contribution is 7.90. The van der Waals surface area contributed by atoms with Crippen molar-refractivity contribution in [3.8, 4) is 5.75 Å². The molecule has 0 bridgehead atoms. The normalized spacial score (nSPS) is 12.4. The Kier molecular flexibility index (Phi) is 8.02. The zero-order chi connectivity index (χ0) is 20.6. The van der Waals surface area contributed by atoms with Gasteiger partial charge in [-0.05, 0) is 49.2 Å². The Morgan fingerprint density at radius 3 is 2.36 bits per heavy atom. The van der Waals surface area contributed by atoms with Crippen LogP contribution in [0.3, 0.4) is 0 Å². The molecule has 0 saturated carbocycles. The van der Waals surface area contributed by atoms with E-state index in [0.29, 0.717) is 19.0 Å². The highest BCUT2D eigenvalue weighted by Gasteiger charge is 2.17. The van der Waals surface area contributed by atoms with Crippen LogP contribution in [0, 0.1) is 0 Å². The van der Waals surface area contributed by atoms with E-state index in [1.54, 1.807) is 37.3 Å². The van der Waals surface area contributed by atoms with Gasteiger partial charge in [0.2, 0.25) is 0 Å². The standard InChI is InChI=1S/C21H26O6S/c1-4-25-20(14-21(22)26-5-2)17-9-11-18(12-10-17)27-15-16-7-6-8-19(13-16)28(3,23)24/h6-13,20H,4-5,14-15H2,1-3H3/t20-/m0/s1. The number of rotatable bonds is 10. The smallest absolute Gasteiger partial charge is 0.308 e. The Labute approximate surface area is 166 Å². The van der Waals surface area contributed by atoms with Gasteiger partial charge < -0.3 is 14.2 Å². The van der Waals surface area contributed by atoms with E-state index in [4.69, 9.17) is 14.2 Å². The molecule has 0 amide bonds. The summed E-state index contributed by atoms with van der Waals surface area (Å²) in [4.78, 5) is 12.0. The van der Waals surface area contributed by atoms with Gasteiger partial charge in [-0.1, -0.05) is 24.3 Å². The maximum Gasteiger partial charge on any atom is 0.308 e. The fourth-order valence-corrected chi connectivity index (χ4v) is 3.35. The summed E-state index contributed by atoms with van der Waals surface area (Å²) in [6, 6.07) is 14.0. The second-order valence-corrected chi connectivity index (χ2v) is 8.25. The molecular weight excluding hydrogens is 380 g/mol. The van der Waals surface area contributed by atoms with Gasteiger partial charge in [-0.25, -0.2) is 8.42 Å². The molecule has 28 heavy (non-hydrogen) atoms. The van der Waals surface area contributed by atoms with E-state index >= 15 is 0 Å². The first-order chi connectivity index (χ1) is 13.3. The fourth-order valence-electron chi connectivity index (χ4n) is 2.66. The third kappa shape index (κ3) is 6.65. The Balaban J connectivity index is 2.02. The SMILES string of the molecule is CCOC(=O)C[C@H](OCC)c1ccc(OCc2cccc(S(C)(=O)=O)c2)cc1. The first-order valence-corrected chi connectivity index (χ1v) is 11.0. The van der Waals surface area contributed by atoms with Crippen molar-refractivity contribution in [1.29, 1.82) is 0 Å². The average molecular weight is 407 g/mol. The molecular formula is C21H26O6S. The van der Waals surface area contributed by atoms with Crippen molar-refractivity contribution >= 4 is 15.8 Å². The van der Waals surface area contributed by atoms with Crippen molar-refractivity contribution in [3.63, 3.8) is 0 Å². The summed E-state index contributed by atoms with van der Waals surface area (Å²) < 4.78 is 39.7. The first kappa shape index (κ1) is 21.9. The lowest BCUT2D eigenvalue weighted by Crippen LogP contribution is -2.13.